The van der Waals surface area contributed by atoms with Gasteiger partial charge in [0.25, 0.3) is 16.6 Å². The largest absolute Gasteiger partial charge is 0.407 e. The lowest BCUT2D eigenvalue weighted by atomic mass is 9.82. The monoisotopic (exact) mass is 646 g/mol. The SMILES string of the molecule is C#CCC(CCC=O)(CO[Si](c1ccccc1)(c1ccccc1)C(C)(C)C)CO[Si](c1ccccc1)(c1ccccc1)C(C)(C)C. The summed E-state index contributed by atoms with van der Waals surface area (Å²) in [6, 6.07) is 42.7. The summed E-state index contributed by atoms with van der Waals surface area (Å²) in [7, 11) is -5.74. The van der Waals surface area contributed by atoms with E-state index in [0.29, 0.717) is 32.5 Å². The molecule has 0 fully saturated rings. The van der Waals surface area contributed by atoms with Gasteiger partial charge in [-0.05, 0) is 37.2 Å². The molecule has 0 aromatic heterocycles. The summed E-state index contributed by atoms with van der Waals surface area (Å²) in [5, 5.41) is 4.47. The fourth-order valence-electron chi connectivity index (χ4n) is 7.00. The molecule has 46 heavy (non-hydrogen) atoms. The molecule has 0 amide bonds. The highest BCUT2D eigenvalue weighted by Gasteiger charge is 2.53. The lowest BCUT2D eigenvalue weighted by Gasteiger charge is -2.48. The standard InChI is InChI=1S/C41H50O3Si2/c1-8-30-41(31-21-32-42,33-43-45(39(2,3)4,35-22-13-9-14-23-35)36-24-15-10-16-25-36)34-44-46(40(5,6)7,37-26-17-11-18-27-37)38-28-19-12-20-29-38/h1,9-20,22-29,32H,21,30-31,33-34H2,2-7H3. The van der Waals surface area contributed by atoms with Gasteiger partial charge in [-0.2, -0.15) is 0 Å². The fraction of sp³-hybridized carbons (Fsp3) is 0.341. The van der Waals surface area contributed by atoms with Gasteiger partial charge in [-0.15, -0.1) is 12.3 Å². The Morgan fingerprint density at radius 3 is 1.13 bits per heavy atom. The molecule has 4 aromatic carbocycles. The van der Waals surface area contributed by atoms with Gasteiger partial charge in [0.1, 0.15) is 6.29 Å². The van der Waals surface area contributed by atoms with Crippen molar-refractivity contribution in [2.75, 3.05) is 13.2 Å². The van der Waals surface area contributed by atoms with Gasteiger partial charge in [-0.3, -0.25) is 0 Å². The fourth-order valence-corrected chi connectivity index (χ4v) is 16.4. The van der Waals surface area contributed by atoms with Crippen molar-refractivity contribution in [2.45, 2.75) is 70.9 Å². The van der Waals surface area contributed by atoms with Gasteiger partial charge in [0, 0.05) is 31.5 Å². The minimum absolute atomic E-state index is 0.193. The molecule has 0 radical (unpaired) electrons. The van der Waals surface area contributed by atoms with Gasteiger partial charge in [-0.25, -0.2) is 0 Å². The highest BCUT2D eigenvalue weighted by molar-refractivity contribution is 7.00. The van der Waals surface area contributed by atoms with Crippen LogP contribution in [0.2, 0.25) is 10.1 Å². The van der Waals surface area contributed by atoms with Crippen molar-refractivity contribution in [3.05, 3.63) is 121 Å². The van der Waals surface area contributed by atoms with E-state index in [1.807, 2.05) is 0 Å². The summed E-state index contributed by atoms with van der Waals surface area (Å²) in [5.41, 5.74) is -0.574. The second kappa shape index (κ2) is 14.9. The number of hydrogen-bond donors (Lipinski definition) is 0. The molecule has 0 saturated carbocycles. The van der Waals surface area contributed by atoms with Crippen LogP contribution in [0.5, 0.6) is 0 Å². The number of rotatable bonds is 14. The lowest BCUT2D eigenvalue weighted by molar-refractivity contribution is -0.108. The predicted molar refractivity (Wildman–Crippen MR) is 198 cm³/mol. The summed E-state index contributed by atoms with van der Waals surface area (Å²) >= 11 is 0. The molecule has 0 aliphatic carbocycles. The minimum Gasteiger partial charge on any atom is -0.407 e. The second-order valence-electron chi connectivity index (χ2n) is 14.5. The second-order valence-corrected chi connectivity index (χ2v) is 23.1. The number of aldehydes is 1. The van der Waals surface area contributed by atoms with Crippen LogP contribution in [0.15, 0.2) is 121 Å². The van der Waals surface area contributed by atoms with Crippen LogP contribution in [0.1, 0.15) is 60.8 Å². The van der Waals surface area contributed by atoms with Gasteiger partial charge < -0.3 is 13.6 Å². The van der Waals surface area contributed by atoms with Crippen molar-refractivity contribution in [2.24, 2.45) is 5.41 Å². The first-order chi connectivity index (χ1) is 22.0. The molecule has 5 heteroatoms. The van der Waals surface area contributed by atoms with Gasteiger partial charge in [-0.1, -0.05) is 163 Å². The zero-order chi connectivity index (χ0) is 33.3. The van der Waals surface area contributed by atoms with E-state index in [2.05, 4.69) is 169 Å². The Balaban J connectivity index is 1.86. The van der Waals surface area contributed by atoms with E-state index >= 15 is 0 Å². The van der Waals surface area contributed by atoms with E-state index in [4.69, 9.17) is 15.3 Å². The summed E-state index contributed by atoms with van der Waals surface area (Å²) in [5.74, 6) is 2.98. The molecule has 0 N–H and O–H groups in total. The molecule has 3 nitrogen and oxygen atoms in total. The molecule has 4 rings (SSSR count). The molecular weight excluding hydrogens is 597 g/mol. The molecule has 4 aromatic rings. The Bertz CT molecular complexity index is 1370. The number of carbonyl (C=O) groups is 1. The first kappa shape index (κ1) is 35.3. The number of carbonyl (C=O) groups excluding carboxylic acids is 1. The van der Waals surface area contributed by atoms with Gasteiger partial charge >= 0.3 is 0 Å². The maximum atomic E-state index is 11.9. The summed E-state index contributed by atoms with van der Waals surface area (Å²) in [6.07, 6.45) is 8.56. The van der Waals surface area contributed by atoms with E-state index in [1.165, 1.54) is 20.7 Å². The van der Waals surface area contributed by atoms with Gasteiger partial charge in [0.05, 0.1) is 0 Å². The first-order valence-corrected chi connectivity index (χ1v) is 20.1. The molecule has 0 saturated heterocycles. The van der Waals surface area contributed by atoms with Gasteiger partial charge in [0.15, 0.2) is 0 Å². The molecule has 0 unspecified atom stereocenters. The topological polar surface area (TPSA) is 35.5 Å². The third-order valence-corrected chi connectivity index (χ3v) is 19.3. The minimum atomic E-state index is -2.87. The zero-order valence-corrected chi connectivity index (χ0v) is 30.5. The van der Waals surface area contributed by atoms with Crippen LogP contribution in [0.4, 0.5) is 0 Å². The van der Waals surface area contributed by atoms with E-state index in [9.17, 15) is 4.79 Å². The van der Waals surface area contributed by atoms with Crippen molar-refractivity contribution in [1.82, 2.24) is 0 Å². The van der Waals surface area contributed by atoms with Crippen molar-refractivity contribution in [1.29, 1.82) is 0 Å². The predicted octanol–water partition coefficient (Wildman–Crippen LogP) is 7.13. The zero-order valence-electron chi connectivity index (χ0n) is 28.5. The molecule has 0 atom stereocenters. The third kappa shape index (κ3) is 7.21. The first-order valence-electron chi connectivity index (χ1n) is 16.3. The summed E-state index contributed by atoms with van der Waals surface area (Å²) < 4.78 is 15.0. The average molecular weight is 647 g/mol. The molecule has 0 heterocycles. The molecule has 0 aliphatic heterocycles. The third-order valence-electron chi connectivity index (χ3n) is 9.29. The highest BCUT2D eigenvalue weighted by Crippen LogP contribution is 2.42. The maximum Gasteiger partial charge on any atom is 0.261 e. The average Bonchev–Trinajstić information content (AvgIpc) is 3.05. The van der Waals surface area contributed by atoms with Gasteiger partial charge in [0.2, 0.25) is 0 Å². The molecule has 240 valence electrons. The summed E-state index contributed by atoms with van der Waals surface area (Å²) in [6.45, 7) is 14.5. The smallest absolute Gasteiger partial charge is 0.261 e. The van der Waals surface area contributed by atoms with Crippen LogP contribution < -0.4 is 20.7 Å². The molecule has 0 bridgehead atoms. The molecular formula is C41H50O3Si2. The van der Waals surface area contributed by atoms with Crippen molar-refractivity contribution >= 4 is 43.7 Å². The van der Waals surface area contributed by atoms with E-state index in [0.717, 1.165) is 6.29 Å². The van der Waals surface area contributed by atoms with Crippen LogP contribution in [0.25, 0.3) is 0 Å². The van der Waals surface area contributed by atoms with Crippen molar-refractivity contribution in [3.63, 3.8) is 0 Å². The van der Waals surface area contributed by atoms with Crippen LogP contribution in [0.3, 0.4) is 0 Å². The summed E-state index contributed by atoms with van der Waals surface area (Å²) in [4.78, 5) is 11.9. The molecule has 0 aliphatic rings. The number of benzene rings is 4. The van der Waals surface area contributed by atoms with Crippen molar-refractivity contribution < 1.29 is 13.6 Å². The van der Waals surface area contributed by atoms with Crippen LogP contribution >= 0.6 is 0 Å². The van der Waals surface area contributed by atoms with E-state index in [1.54, 1.807) is 0 Å². The number of terminal acetylenes is 1. The Kier molecular flexibility index (Phi) is 11.5. The maximum absolute atomic E-state index is 11.9. The normalized spacial score (nSPS) is 12.8. The quantitative estimate of drug-likeness (QED) is 0.0831. The van der Waals surface area contributed by atoms with E-state index < -0.39 is 22.0 Å². The van der Waals surface area contributed by atoms with E-state index in [-0.39, 0.29) is 10.1 Å². The van der Waals surface area contributed by atoms with Crippen LogP contribution in [0, 0.1) is 17.8 Å². The Morgan fingerprint density at radius 2 is 0.891 bits per heavy atom. The Labute approximate surface area is 279 Å². The molecule has 0 spiro atoms. The van der Waals surface area contributed by atoms with Crippen molar-refractivity contribution in [3.8, 4) is 12.3 Å². The Morgan fingerprint density at radius 1 is 0.587 bits per heavy atom. The number of hydrogen-bond acceptors (Lipinski definition) is 3. The van der Waals surface area contributed by atoms with Crippen LogP contribution in [-0.4, -0.2) is 36.1 Å². The van der Waals surface area contributed by atoms with Crippen LogP contribution in [-0.2, 0) is 13.6 Å². The highest BCUT2D eigenvalue weighted by atomic mass is 28.4. The Hall–Kier alpha value is -3.54. The lowest BCUT2D eigenvalue weighted by Crippen LogP contribution is -2.68.